The van der Waals surface area contributed by atoms with Gasteiger partial charge in [-0.3, -0.25) is 14.4 Å². The van der Waals surface area contributed by atoms with Crippen LogP contribution in [-0.4, -0.2) is 23.5 Å². The summed E-state index contributed by atoms with van der Waals surface area (Å²) in [6.07, 6.45) is 1.57. The lowest BCUT2D eigenvalue weighted by molar-refractivity contribution is -0.114. The van der Waals surface area contributed by atoms with E-state index in [1.165, 1.54) is 11.8 Å². The molecule has 4 rings (SSSR count). The molecule has 0 bridgehead atoms. The van der Waals surface area contributed by atoms with Crippen LogP contribution in [0.2, 0.25) is 15.1 Å². The van der Waals surface area contributed by atoms with Crippen LogP contribution in [0.25, 0.3) is 6.08 Å². The third-order valence-corrected chi connectivity index (χ3v) is 7.17. The van der Waals surface area contributed by atoms with Crippen LogP contribution in [0.5, 0.6) is 0 Å². The Bertz CT molecular complexity index is 1560. The molecule has 0 heterocycles. The number of anilines is 2. The molecule has 0 unspecified atom stereocenters. The van der Waals surface area contributed by atoms with Crippen molar-refractivity contribution in [3.63, 3.8) is 0 Å². The Labute approximate surface area is 250 Å². The Hall–Kier alpha value is -3.75. The third-order valence-electron chi connectivity index (χ3n) is 5.38. The van der Waals surface area contributed by atoms with Crippen LogP contribution in [0.1, 0.15) is 15.9 Å². The fourth-order valence-corrected chi connectivity index (χ4v) is 4.79. The van der Waals surface area contributed by atoms with E-state index < -0.39 is 11.8 Å². The first kappa shape index (κ1) is 29.2. The highest BCUT2D eigenvalue weighted by Crippen LogP contribution is 2.27. The monoisotopic (exact) mass is 609 g/mol. The number of rotatable bonds is 9. The van der Waals surface area contributed by atoms with Gasteiger partial charge in [0.1, 0.15) is 5.70 Å². The van der Waals surface area contributed by atoms with Gasteiger partial charge in [-0.25, -0.2) is 0 Å². The quantitative estimate of drug-likeness (QED) is 0.133. The predicted octanol–water partition coefficient (Wildman–Crippen LogP) is 7.79. The van der Waals surface area contributed by atoms with Gasteiger partial charge in [0.2, 0.25) is 5.91 Å². The molecule has 0 aromatic heterocycles. The van der Waals surface area contributed by atoms with Gasteiger partial charge in [-0.2, -0.15) is 0 Å². The van der Waals surface area contributed by atoms with E-state index in [0.29, 0.717) is 37.6 Å². The molecule has 0 aliphatic carbocycles. The molecule has 4 aromatic carbocycles. The zero-order valence-electron chi connectivity index (χ0n) is 20.8. The van der Waals surface area contributed by atoms with Gasteiger partial charge in [0, 0.05) is 26.2 Å². The molecule has 3 amide bonds. The highest BCUT2D eigenvalue weighted by Gasteiger charge is 2.16. The van der Waals surface area contributed by atoms with Crippen LogP contribution in [0.15, 0.2) is 108 Å². The smallest absolute Gasteiger partial charge is 0.272 e. The average Bonchev–Trinajstić information content (AvgIpc) is 2.95. The largest absolute Gasteiger partial charge is 0.324 e. The number of carbonyl (C=O) groups is 3. The number of halogens is 3. The van der Waals surface area contributed by atoms with Crippen molar-refractivity contribution >= 4 is 81.7 Å². The summed E-state index contributed by atoms with van der Waals surface area (Å²) in [5.41, 5.74) is 2.10. The first-order chi connectivity index (χ1) is 19.3. The molecule has 3 N–H and O–H groups in total. The maximum absolute atomic E-state index is 13.3. The normalized spacial score (nSPS) is 11.0. The van der Waals surface area contributed by atoms with Gasteiger partial charge in [0.15, 0.2) is 0 Å². The fourth-order valence-electron chi connectivity index (χ4n) is 3.46. The number of amides is 3. The van der Waals surface area contributed by atoms with Crippen LogP contribution in [-0.2, 0) is 9.59 Å². The summed E-state index contributed by atoms with van der Waals surface area (Å²) in [4.78, 5) is 39.3. The highest BCUT2D eigenvalue weighted by atomic mass is 35.5. The van der Waals surface area contributed by atoms with Gasteiger partial charge in [0.05, 0.1) is 16.5 Å². The maximum Gasteiger partial charge on any atom is 0.272 e. The molecule has 40 heavy (non-hydrogen) atoms. The summed E-state index contributed by atoms with van der Waals surface area (Å²) in [6.45, 7) is 0. The van der Waals surface area contributed by atoms with Crippen LogP contribution in [0.4, 0.5) is 11.4 Å². The second-order valence-corrected chi connectivity index (χ2v) is 10.7. The molecule has 0 atom stereocenters. The van der Waals surface area contributed by atoms with Gasteiger partial charge in [-0.15, -0.1) is 11.8 Å². The first-order valence-corrected chi connectivity index (χ1v) is 14.0. The minimum Gasteiger partial charge on any atom is -0.324 e. The molecule has 0 aliphatic rings. The summed E-state index contributed by atoms with van der Waals surface area (Å²) < 4.78 is 0. The molecule has 0 radical (unpaired) electrons. The topological polar surface area (TPSA) is 87.3 Å². The van der Waals surface area contributed by atoms with Crippen molar-refractivity contribution in [1.29, 1.82) is 0 Å². The molecular formula is C30H22Cl3N3O3S. The van der Waals surface area contributed by atoms with Crippen molar-refractivity contribution in [3.8, 4) is 0 Å². The molecule has 0 saturated carbocycles. The molecule has 6 nitrogen and oxygen atoms in total. The van der Waals surface area contributed by atoms with E-state index >= 15 is 0 Å². The molecule has 4 aromatic rings. The minimum absolute atomic E-state index is 0.0495. The number of benzene rings is 4. The van der Waals surface area contributed by atoms with Gasteiger partial charge in [-0.1, -0.05) is 71.2 Å². The fraction of sp³-hybridized carbons (Fsp3) is 0.0333. The lowest BCUT2D eigenvalue weighted by atomic mass is 10.1. The summed E-state index contributed by atoms with van der Waals surface area (Å²) in [5, 5.41) is 9.64. The van der Waals surface area contributed by atoms with E-state index in [0.717, 1.165) is 4.90 Å². The molecular weight excluding hydrogens is 589 g/mol. The van der Waals surface area contributed by atoms with E-state index in [4.69, 9.17) is 34.8 Å². The minimum atomic E-state index is -0.517. The number of hydrogen-bond donors (Lipinski definition) is 3. The highest BCUT2D eigenvalue weighted by molar-refractivity contribution is 8.00. The zero-order valence-corrected chi connectivity index (χ0v) is 23.9. The van der Waals surface area contributed by atoms with Gasteiger partial charge < -0.3 is 16.0 Å². The Kier molecular flexibility index (Phi) is 10.3. The molecule has 0 saturated heterocycles. The molecule has 10 heteroatoms. The van der Waals surface area contributed by atoms with Crippen molar-refractivity contribution in [2.75, 3.05) is 16.4 Å². The predicted molar refractivity (Wildman–Crippen MR) is 164 cm³/mol. The Balaban J connectivity index is 1.44. The zero-order chi connectivity index (χ0) is 28.5. The van der Waals surface area contributed by atoms with Crippen molar-refractivity contribution in [2.45, 2.75) is 4.90 Å². The maximum atomic E-state index is 13.3. The van der Waals surface area contributed by atoms with Gasteiger partial charge in [0.25, 0.3) is 11.8 Å². The van der Waals surface area contributed by atoms with E-state index in [1.807, 2.05) is 6.07 Å². The van der Waals surface area contributed by atoms with E-state index in [-0.39, 0.29) is 17.4 Å². The second kappa shape index (κ2) is 14.1. The lowest BCUT2D eigenvalue weighted by Gasteiger charge is -2.12. The Morgan fingerprint density at radius 1 is 0.750 bits per heavy atom. The lowest BCUT2D eigenvalue weighted by Crippen LogP contribution is -2.30. The molecule has 0 aliphatic heterocycles. The molecule has 0 fully saturated rings. The van der Waals surface area contributed by atoms with Crippen LogP contribution in [0, 0.1) is 0 Å². The van der Waals surface area contributed by atoms with Crippen LogP contribution in [0.3, 0.4) is 0 Å². The summed E-state index contributed by atoms with van der Waals surface area (Å²) in [6, 6.07) is 27.3. The SMILES string of the molecule is O=C(CSc1cccc(NC(=O)/C(=C/c2ccc(Cl)cc2)NC(=O)c2ccccc2)c1)Nc1ccc(Cl)cc1Cl. The number of nitrogens with one attached hydrogen (secondary N) is 3. The van der Waals surface area contributed by atoms with E-state index in [1.54, 1.807) is 97.1 Å². The van der Waals surface area contributed by atoms with Gasteiger partial charge >= 0.3 is 0 Å². The molecule has 0 spiro atoms. The summed E-state index contributed by atoms with van der Waals surface area (Å²) >= 11 is 19.3. The first-order valence-electron chi connectivity index (χ1n) is 11.9. The standard InChI is InChI=1S/C30H22Cl3N3O3S/c31-21-11-9-19(10-12-21)15-27(36-29(38)20-5-2-1-3-6-20)30(39)34-23-7-4-8-24(17-23)40-18-28(37)35-26-14-13-22(32)16-25(26)33/h1-17H,18H2,(H,34,39)(H,35,37)(H,36,38)/b27-15-. The Morgan fingerprint density at radius 3 is 2.20 bits per heavy atom. The Morgan fingerprint density at radius 2 is 1.48 bits per heavy atom. The van der Waals surface area contributed by atoms with Gasteiger partial charge in [-0.05, 0) is 72.3 Å². The van der Waals surface area contributed by atoms with Crippen molar-refractivity contribution in [1.82, 2.24) is 5.32 Å². The van der Waals surface area contributed by atoms with Crippen molar-refractivity contribution < 1.29 is 14.4 Å². The number of carbonyl (C=O) groups excluding carboxylic acids is 3. The van der Waals surface area contributed by atoms with Crippen molar-refractivity contribution in [3.05, 3.63) is 129 Å². The van der Waals surface area contributed by atoms with E-state index in [9.17, 15) is 14.4 Å². The second-order valence-electron chi connectivity index (χ2n) is 8.37. The number of hydrogen-bond acceptors (Lipinski definition) is 4. The summed E-state index contributed by atoms with van der Waals surface area (Å²) in [5.74, 6) is -1.07. The van der Waals surface area contributed by atoms with E-state index in [2.05, 4.69) is 16.0 Å². The summed E-state index contributed by atoms with van der Waals surface area (Å²) in [7, 11) is 0. The number of thioether (sulfide) groups is 1. The third kappa shape index (κ3) is 8.63. The van der Waals surface area contributed by atoms with Crippen LogP contribution >= 0.6 is 46.6 Å². The van der Waals surface area contributed by atoms with Crippen molar-refractivity contribution in [2.24, 2.45) is 0 Å². The average molecular weight is 611 g/mol. The molecule has 202 valence electrons. The van der Waals surface area contributed by atoms with Crippen LogP contribution < -0.4 is 16.0 Å².